The van der Waals surface area contributed by atoms with Gasteiger partial charge in [0.2, 0.25) is 5.91 Å². The predicted octanol–water partition coefficient (Wildman–Crippen LogP) is 2.98. The number of rotatable bonds is 5. The Morgan fingerprint density at radius 2 is 1.82 bits per heavy atom. The van der Waals surface area contributed by atoms with Crippen LogP contribution in [0.5, 0.6) is 0 Å². The van der Waals surface area contributed by atoms with Gasteiger partial charge in [0.25, 0.3) is 5.91 Å². The third-order valence-electron chi connectivity index (χ3n) is 4.69. The van der Waals surface area contributed by atoms with Crippen molar-refractivity contribution in [1.82, 2.24) is 0 Å². The number of halogens is 1. The van der Waals surface area contributed by atoms with E-state index in [0.717, 1.165) is 11.1 Å². The zero-order chi connectivity index (χ0) is 20.3. The van der Waals surface area contributed by atoms with E-state index in [2.05, 4.69) is 5.32 Å². The molecule has 0 bridgehead atoms. The number of ether oxygens (including phenoxy) is 1. The summed E-state index contributed by atoms with van der Waals surface area (Å²) in [5.41, 5.74) is 2.63. The zero-order valence-corrected chi connectivity index (χ0v) is 15.7. The van der Waals surface area contributed by atoms with Crippen LogP contribution in [-0.4, -0.2) is 30.9 Å². The smallest absolute Gasteiger partial charge is 0.311 e. The quantitative estimate of drug-likeness (QED) is 0.804. The molecule has 0 radical (unpaired) electrons. The van der Waals surface area contributed by atoms with E-state index in [0.29, 0.717) is 5.69 Å². The molecule has 7 heteroatoms. The molecule has 1 atom stereocenters. The first kappa shape index (κ1) is 19.5. The minimum Gasteiger partial charge on any atom is -0.455 e. The minimum atomic E-state index is -0.736. The van der Waals surface area contributed by atoms with E-state index in [9.17, 15) is 18.8 Å². The number of amides is 2. The summed E-state index contributed by atoms with van der Waals surface area (Å²) in [4.78, 5) is 37.8. The van der Waals surface area contributed by atoms with Crippen LogP contribution >= 0.6 is 0 Å². The van der Waals surface area contributed by atoms with Crippen LogP contribution in [0.2, 0.25) is 0 Å². The summed E-state index contributed by atoms with van der Waals surface area (Å²) in [7, 11) is 0. The highest BCUT2D eigenvalue weighted by atomic mass is 19.1. The molecule has 0 aromatic heterocycles. The molecule has 146 valence electrons. The SMILES string of the molecule is Cc1cccc(C)c1NC(=O)COC(=O)[C@H]1CC(=O)N(c2ccccc2F)C1. The zero-order valence-electron chi connectivity index (χ0n) is 15.7. The van der Waals surface area contributed by atoms with Gasteiger partial charge in [0, 0.05) is 18.7 Å². The topological polar surface area (TPSA) is 75.7 Å². The molecule has 28 heavy (non-hydrogen) atoms. The van der Waals surface area contributed by atoms with E-state index >= 15 is 0 Å². The van der Waals surface area contributed by atoms with Crippen molar-refractivity contribution in [3.63, 3.8) is 0 Å². The molecule has 1 heterocycles. The van der Waals surface area contributed by atoms with E-state index in [-0.39, 0.29) is 24.6 Å². The number of carbonyl (C=O) groups is 3. The van der Waals surface area contributed by atoms with Crippen molar-refractivity contribution >= 4 is 29.2 Å². The van der Waals surface area contributed by atoms with Gasteiger partial charge in [-0.1, -0.05) is 30.3 Å². The molecule has 0 saturated carbocycles. The first-order valence-corrected chi connectivity index (χ1v) is 8.94. The normalized spacial score (nSPS) is 16.2. The fourth-order valence-electron chi connectivity index (χ4n) is 3.21. The lowest BCUT2D eigenvalue weighted by Crippen LogP contribution is -2.28. The fourth-order valence-corrected chi connectivity index (χ4v) is 3.21. The molecule has 6 nitrogen and oxygen atoms in total. The Labute approximate surface area is 162 Å². The number of carbonyl (C=O) groups excluding carboxylic acids is 3. The summed E-state index contributed by atoms with van der Waals surface area (Å²) >= 11 is 0. The lowest BCUT2D eigenvalue weighted by atomic mass is 10.1. The van der Waals surface area contributed by atoms with Crippen LogP contribution in [0, 0.1) is 25.6 Å². The molecule has 3 rings (SSSR count). The Balaban J connectivity index is 1.56. The van der Waals surface area contributed by atoms with Crippen LogP contribution in [-0.2, 0) is 19.1 Å². The molecule has 0 aliphatic carbocycles. The average molecular weight is 384 g/mol. The van der Waals surface area contributed by atoms with Crippen molar-refractivity contribution in [2.45, 2.75) is 20.3 Å². The third-order valence-corrected chi connectivity index (χ3v) is 4.69. The van der Waals surface area contributed by atoms with Crippen LogP contribution in [0.1, 0.15) is 17.5 Å². The molecule has 0 spiro atoms. The van der Waals surface area contributed by atoms with Crippen LogP contribution < -0.4 is 10.2 Å². The predicted molar refractivity (Wildman–Crippen MR) is 102 cm³/mol. The Hall–Kier alpha value is -3.22. The van der Waals surface area contributed by atoms with Gasteiger partial charge >= 0.3 is 5.97 Å². The van der Waals surface area contributed by atoms with Gasteiger partial charge < -0.3 is 15.0 Å². The summed E-state index contributed by atoms with van der Waals surface area (Å²) in [6.45, 7) is 3.32. The minimum absolute atomic E-state index is 0.0249. The van der Waals surface area contributed by atoms with E-state index < -0.39 is 30.2 Å². The van der Waals surface area contributed by atoms with E-state index in [1.807, 2.05) is 32.0 Å². The maximum absolute atomic E-state index is 13.9. The number of anilines is 2. The van der Waals surface area contributed by atoms with Crippen molar-refractivity contribution in [2.75, 3.05) is 23.4 Å². The summed E-state index contributed by atoms with van der Waals surface area (Å²) in [6.07, 6.45) is -0.0777. The first-order chi connectivity index (χ1) is 13.4. The molecule has 1 saturated heterocycles. The maximum Gasteiger partial charge on any atom is 0.311 e. The molecule has 2 aromatic rings. The molecule has 2 aromatic carbocycles. The van der Waals surface area contributed by atoms with E-state index in [1.54, 1.807) is 6.07 Å². The standard InChI is InChI=1S/C21H21FN2O4/c1-13-6-5-7-14(2)20(13)23-18(25)12-28-21(27)15-10-19(26)24(11-15)17-9-4-3-8-16(17)22/h3-9,15H,10-12H2,1-2H3,(H,23,25)/t15-/m0/s1. The Morgan fingerprint density at radius 1 is 1.14 bits per heavy atom. The number of para-hydroxylation sites is 2. The average Bonchev–Trinajstić information content (AvgIpc) is 3.05. The van der Waals surface area contributed by atoms with Crippen LogP contribution in [0.4, 0.5) is 15.8 Å². The Morgan fingerprint density at radius 3 is 2.50 bits per heavy atom. The lowest BCUT2D eigenvalue weighted by molar-refractivity contribution is -0.151. The second-order valence-corrected chi connectivity index (χ2v) is 6.78. The van der Waals surface area contributed by atoms with Gasteiger partial charge in [-0.25, -0.2) is 4.39 Å². The number of esters is 1. The van der Waals surface area contributed by atoms with Gasteiger partial charge in [0.15, 0.2) is 6.61 Å². The van der Waals surface area contributed by atoms with Crippen LogP contribution in [0.3, 0.4) is 0 Å². The van der Waals surface area contributed by atoms with E-state index in [4.69, 9.17) is 4.74 Å². The molecule has 1 fully saturated rings. The summed E-state index contributed by atoms with van der Waals surface area (Å²) in [6, 6.07) is 11.5. The molecule has 1 aliphatic rings. The van der Waals surface area contributed by atoms with Gasteiger partial charge in [0.05, 0.1) is 11.6 Å². The molecular weight excluding hydrogens is 363 g/mol. The summed E-state index contributed by atoms with van der Waals surface area (Å²) in [5.74, 6) is -2.73. The van der Waals surface area contributed by atoms with Gasteiger partial charge in [-0.3, -0.25) is 14.4 Å². The number of nitrogens with zero attached hydrogens (tertiary/aromatic N) is 1. The monoisotopic (exact) mass is 384 g/mol. The highest BCUT2D eigenvalue weighted by Gasteiger charge is 2.37. The van der Waals surface area contributed by atoms with Crippen molar-refractivity contribution in [2.24, 2.45) is 5.92 Å². The van der Waals surface area contributed by atoms with Crippen LogP contribution in [0.15, 0.2) is 42.5 Å². The lowest BCUT2D eigenvalue weighted by Gasteiger charge is -2.17. The highest BCUT2D eigenvalue weighted by molar-refractivity contribution is 6.00. The highest BCUT2D eigenvalue weighted by Crippen LogP contribution is 2.28. The molecule has 0 unspecified atom stereocenters. The fraction of sp³-hybridized carbons (Fsp3) is 0.286. The maximum atomic E-state index is 13.9. The number of nitrogens with one attached hydrogen (secondary N) is 1. The largest absolute Gasteiger partial charge is 0.455 e. The molecular formula is C21H21FN2O4. The Kier molecular flexibility index (Phi) is 5.73. The van der Waals surface area contributed by atoms with Crippen molar-refractivity contribution < 1.29 is 23.5 Å². The van der Waals surface area contributed by atoms with Gasteiger partial charge in [0.1, 0.15) is 5.82 Å². The molecule has 2 amide bonds. The second kappa shape index (κ2) is 8.21. The number of hydrogen-bond acceptors (Lipinski definition) is 4. The van der Waals surface area contributed by atoms with Crippen molar-refractivity contribution in [3.8, 4) is 0 Å². The van der Waals surface area contributed by atoms with Gasteiger partial charge in [-0.2, -0.15) is 0 Å². The second-order valence-electron chi connectivity index (χ2n) is 6.78. The number of benzene rings is 2. The summed E-state index contributed by atoms with van der Waals surface area (Å²) in [5, 5.41) is 2.73. The van der Waals surface area contributed by atoms with Gasteiger partial charge in [-0.05, 0) is 37.1 Å². The number of hydrogen-bond donors (Lipinski definition) is 1. The molecule has 1 aliphatic heterocycles. The Bertz CT molecular complexity index is 908. The van der Waals surface area contributed by atoms with Crippen LogP contribution in [0.25, 0.3) is 0 Å². The molecule has 1 N–H and O–H groups in total. The number of aryl methyl sites for hydroxylation is 2. The van der Waals surface area contributed by atoms with Crippen molar-refractivity contribution in [3.05, 3.63) is 59.4 Å². The van der Waals surface area contributed by atoms with E-state index in [1.165, 1.54) is 23.1 Å². The van der Waals surface area contributed by atoms with Crippen molar-refractivity contribution in [1.29, 1.82) is 0 Å². The third kappa shape index (κ3) is 4.19. The first-order valence-electron chi connectivity index (χ1n) is 8.94. The van der Waals surface area contributed by atoms with Gasteiger partial charge in [-0.15, -0.1) is 0 Å². The summed E-state index contributed by atoms with van der Waals surface area (Å²) < 4.78 is 19.0.